The van der Waals surface area contributed by atoms with Gasteiger partial charge in [-0.05, 0) is 26.2 Å². The van der Waals surface area contributed by atoms with Crippen molar-refractivity contribution >= 4 is 7.60 Å². The van der Waals surface area contributed by atoms with Crippen molar-refractivity contribution in [3.8, 4) is 0 Å². The normalized spacial score (nSPS) is 13.9. The van der Waals surface area contributed by atoms with Crippen LogP contribution in [0, 0.1) is 5.92 Å². The first-order valence-corrected chi connectivity index (χ1v) is 6.85. The molecule has 0 aliphatic carbocycles. The van der Waals surface area contributed by atoms with Gasteiger partial charge in [-0.15, -0.1) is 6.58 Å². The first-order chi connectivity index (χ1) is 6.61. The van der Waals surface area contributed by atoms with E-state index in [2.05, 4.69) is 6.58 Å². The first-order valence-electron chi connectivity index (χ1n) is 5.12. The zero-order chi connectivity index (χ0) is 11.0. The number of allylic oxidation sites excluding steroid dienone is 1. The molecule has 0 aromatic heterocycles. The van der Waals surface area contributed by atoms with Crippen LogP contribution < -0.4 is 0 Å². The molecule has 0 aromatic rings. The smallest absolute Gasteiger partial charge is 0.309 e. The molecule has 0 N–H and O–H groups in total. The Morgan fingerprint density at radius 3 is 2.07 bits per heavy atom. The summed E-state index contributed by atoms with van der Waals surface area (Å²) in [6.07, 6.45) is 3.16. The third-order valence-corrected chi connectivity index (χ3v) is 4.19. The Morgan fingerprint density at radius 2 is 1.79 bits per heavy atom. The van der Waals surface area contributed by atoms with Crippen LogP contribution in [0.3, 0.4) is 0 Å². The summed E-state index contributed by atoms with van der Waals surface area (Å²) < 4.78 is 22.4. The van der Waals surface area contributed by atoms with Gasteiger partial charge in [0.15, 0.2) is 0 Å². The third-order valence-electron chi connectivity index (χ3n) is 1.97. The Balaban J connectivity index is 4.33. The Labute approximate surface area is 87.0 Å². The molecule has 0 amide bonds. The van der Waals surface area contributed by atoms with Gasteiger partial charge in [-0.2, -0.15) is 0 Å². The van der Waals surface area contributed by atoms with E-state index in [-0.39, 0.29) is 5.92 Å². The minimum Gasteiger partial charge on any atom is -0.309 e. The highest BCUT2D eigenvalue weighted by molar-refractivity contribution is 7.53. The van der Waals surface area contributed by atoms with Gasteiger partial charge in [0, 0.05) is 0 Å². The van der Waals surface area contributed by atoms with Crippen LogP contribution in [0.1, 0.15) is 27.2 Å². The van der Waals surface area contributed by atoms with Crippen LogP contribution in [0.4, 0.5) is 0 Å². The van der Waals surface area contributed by atoms with Crippen molar-refractivity contribution in [2.75, 3.05) is 19.4 Å². The van der Waals surface area contributed by atoms with Gasteiger partial charge in [0.2, 0.25) is 0 Å². The Bertz CT molecular complexity index is 194. The lowest BCUT2D eigenvalue weighted by Crippen LogP contribution is -2.07. The second kappa shape index (κ2) is 7.22. The summed E-state index contributed by atoms with van der Waals surface area (Å²) in [4.78, 5) is 0. The predicted molar refractivity (Wildman–Crippen MR) is 59.7 cm³/mol. The van der Waals surface area contributed by atoms with E-state index in [9.17, 15) is 4.57 Å². The van der Waals surface area contributed by atoms with Crippen LogP contribution in [0.15, 0.2) is 12.7 Å². The molecular formula is C10H21O3P. The average molecular weight is 220 g/mol. The largest absolute Gasteiger partial charge is 0.331 e. The first kappa shape index (κ1) is 13.9. The van der Waals surface area contributed by atoms with E-state index in [4.69, 9.17) is 9.05 Å². The van der Waals surface area contributed by atoms with E-state index >= 15 is 0 Å². The van der Waals surface area contributed by atoms with Crippen molar-refractivity contribution in [2.45, 2.75) is 27.2 Å². The van der Waals surface area contributed by atoms with Gasteiger partial charge < -0.3 is 9.05 Å². The van der Waals surface area contributed by atoms with Gasteiger partial charge >= 0.3 is 7.60 Å². The number of hydrogen-bond acceptors (Lipinski definition) is 3. The van der Waals surface area contributed by atoms with Crippen LogP contribution >= 0.6 is 7.60 Å². The maximum absolute atomic E-state index is 12.0. The second-order valence-electron chi connectivity index (χ2n) is 3.03. The van der Waals surface area contributed by atoms with Gasteiger partial charge in [-0.25, -0.2) is 0 Å². The van der Waals surface area contributed by atoms with E-state index in [0.717, 1.165) is 6.42 Å². The van der Waals surface area contributed by atoms with E-state index in [1.54, 1.807) is 0 Å². The molecule has 0 spiro atoms. The summed E-state index contributed by atoms with van der Waals surface area (Å²) in [5.74, 6) is 0.207. The van der Waals surface area contributed by atoms with E-state index in [1.807, 2.05) is 26.8 Å². The fraction of sp³-hybridized carbons (Fsp3) is 0.800. The average Bonchev–Trinajstić information content (AvgIpc) is 2.15. The zero-order valence-corrected chi connectivity index (χ0v) is 10.3. The van der Waals surface area contributed by atoms with Crippen LogP contribution in [0.5, 0.6) is 0 Å². The van der Waals surface area contributed by atoms with Crippen molar-refractivity contribution in [3.05, 3.63) is 12.7 Å². The van der Waals surface area contributed by atoms with Crippen LogP contribution in [0.2, 0.25) is 0 Å². The summed E-state index contributed by atoms with van der Waals surface area (Å²) in [5.41, 5.74) is 0. The topological polar surface area (TPSA) is 35.5 Å². The molecule has 0 aliphatic rings. The predicted octanol–water partition coefficient (Wildman–Crippen LogP) is 3.46. The maximum Gasteiger partial charge on any atom is 0.331 e. The highest BCUT2D eigenvalue weighted by Gasteiger charge is 2.26. The van der Waals surface area contributed by atoms with Crippen molar-refractivity contribution in [1.29, 1.82) is 0 Å². The molecule has 1 atom stereocenters. The van der Waals surface area contributed by atoms with E-state index in [1.165, 1.54) is 0 Å². The fourth-order valence-corrected chi connectivity index (χ4v) is 3.25. The molecule has 14 heavy (non-hydrogen) atoms. The molecule has 84 valence electrons. The molecule has 0 unspecified atom stereocenters. The summed E-state index contributed by atoms with van der Waals surface area (Å²) in [6.45, 7) is 10.2. The van der Waals surface area contributed by atoms with Crippen molar-refractivity contribution in [1.82, 2.24) is 0 Å². The SMILES string of the molecule is C=C[C@H](CC)CP(=O)(OCC)OCC. The summed E-state index contributed by atoms with van der Waals surface area (Å²) in [7, 11) is -2.88. The van der Waals surface area contributed by atoms with Gasteiger partial charge in [0.05, 0.1) is 19.4 Å². The van der Waals surface area contributed by atoms with Crippen molar-refractivity contribution in [2.24, 2.45) is 5.92 Å². The highest BCUT2D eigenvalue weighted by atomic mass is 31.2. The molecule has 0 heterocycles. The molecule has 0 saturated heterocycles. The lowest BCUT2D eigenvalue weighted by Gasteiger charge is -2.20. The molecule has 0 bridgehead atoms. The molecule has 0 saturated carbocycles. The lowest BCUT2D eigenvalue weighted by atomic mass is 10.1. The quantitative estimate of drug-likeness (QED) is 0.464. The highest BCUT2D eigenvalue weighted by Crippen LogP contribution is 2.50. The maximum atomic E-state index is 12.0. The monoisotopic (exact) mass is 220 g/mol. The van der Waals surface area contributed by atoms with Gasteiger partial charge in [-0.3, -0.25) is 4.57 Å². The molecule has 0 rings (SSSR count). The van der Waals surface area contributed by atoms with Crippen LogP contribution in [-0.2, 0) is 13.6 Å². The summed E-state index contributed by atoms with van der Waals surface area (Å²) in [6, 6.07) is 0. The van der Waals surface area contributed by atoms with Gasteiger partial charge in [-0.1, -0.05) is 13.0 Å². The molecule has 0 fully saturated rings. The van der Waals surface area contributed by atoms with Crippen molar-refractivity contribution in [3.63, 3.8) is 0 Å². The fourth-order valence-electron chi connectivity index (χ4n) is 1.19. The molecular weight excluding hydrogens is 199 g/mol. The minimum atomic E-state index is -2.88. The van der Waals surface area contributed by atoms with Crippen LogP contribution in [-0.4, -0.2) is 19.4 Å². The number of rotatable bonds is 8. The third kappa shape index (κ3) is 4.94. The van der Waals surface area contributed by atoms with Gasteiger partial charge in [0.1, 0.15) is 0 Å². The Kier molecular flexibility index (Phi) is 7.16. The summed E-state index contributed by atoms with van der Waals surface area (Å²) in [5, 5.41) is 0. The molecule has 4 heteroatoms. The lowest BCUT2D eigenvalue weighted by molar-refractivity contribution is 0.217. The van der Waals surface area contributed by atoms with E-state index < -0.39 is 7.60 Å². The Hall–Kier alpha value is -0.110. The zero-order valence-electron chi connectivity index (χ0n) is 9.36. The van der Waals surface area contributed by atoms with Crippen LogP contribution in [0.25, 0.3) is 0 Å². The van der Waals surface area contributed by atoms with Crippen molar-refractivity contribution < 1.29 is 13.6 Å². The number of hydrogen-bond donors (Lipinski definition) is 0. The second-order valence-corrected chi connectivity index (χ2v) is 5.14. The molecule has 0 aromatic carbocycles. The Morgan fingerprint density at radius 1 is 1.29 bits per heavy atom. The molecule has 3 nitrogen and oxygen atoms in total. The minimum absolute atomic E-state index is 0.207. The van der Waals surface area contributed by atoms with Gasteiger partial charge in [0.25, 0.3) is 0 Å². The molecule has 0 radical (unpaired) electrons. The molecule has 0 aliphatic heterocycles. The standard InChI is InChI=1S/C10H21O3P/c1-5-10(6-2)9-14(11,12-7-3)13-8-4/h5,10H,1,6-9H2,2-4H3/t10-/m1/s1. The summed E-state index contributed by atoms with van der Waals surface area (Å²) >= 11 is 0. The van der Waals surface area contributed by atoms with E-state index in [0.29, 0.717) is 19.4 Å².